The van der Waals surface area contributed by atoms with Crippen molar-refractivity contribution in [3.8, 4) is 0 Å². The van der Waals surface area contributed by atoms with Crippen LogP contribution < -0.4 is 5.32 Å². The standard InChI is InChI=1S/C9H18ClNO/c1-9(2,12-3)8-11-7-5-4-6-10/h4-5,11H,6-8H2,1-3H3/b5-4+. The molecule has 0 rings (SSSR count). The lowest BCUT2D eigenvalue weighted by molar-refractivity contribution is 0.0241. The molecule has 3 heteroatoms. The second kappa shape index (κ2) is 6.46. The maximum absolute atomic E-state index is 5.46. The van der Waals surface area contributed by atoms with Crippen LogP contribution in [0, 0.1) is 0 Å². The average molecular weight is 192 g/mol. The fourth-order valence-corrected chi connectivity index (χ4v) is 0.801. The van der Waals surface area contributed by atoms with E-state index in [0.29, 0.717) is 5.88 Å². The van der Waals surface area contributed by atoms with Crippen molar-refractivity contribution in [2.24, 2.45) is 0 Å². The third-order valence-electron chi connectivity index (χ3n) is 1.62. The Morgan fingerprint density at radius 2 is 2.08 bits per heavy atom. The Morgan fingerprint density at radius 3 is 2.58 bits per heavy atom. The van der Waals surface area contributed by atoms with Crippen molar-refractivity contribution in [3.05, 3.63) is 12.2 Å². The summed E-state index contributed by atoms with van der Waals surface area (Å²) in [6.45, 7) is 5.78. The van der Waals surface area contributed by atoms with Crippen LogP contribution in [-0.4, -0.2) is 31.7 Å². The first-order chi connectivity index (χ1) is 5.62. The van der Waals surface area contributed by atoms with Crippen LogP contribution in [0.2, 0.25) is 0 Å². The summed E-state index contributed by atoms with van der Waals surface area (Å²) in [5.74, 6) is 0.579. The Kier molecular flexibility index (Phi) is 6.44. The molecule has 0 amide bonds. The first-order valence-corrected chi connectivity index (χ1v) is 4.62. The predicted octanol–water partition coefficient (Wildman–Crippen LogP) is 1.80. The van der Waals surface area contributed by atoms with Crippen molar-refractivity contribution in [1.29, 1.82) is 0 Å². The van der Waals surface area contributed by atoms with E-state index in [0.717, 1.165) is 13.1 Å². The number of rotatable bonds is 6. The first-order valence-electron chi connectivity index (χ1n) is 4.09. The number of allylic oxidation sites excluding steroid dienone is 1. The fraction of sp³-hybridized carbons (Fsp3) is 0.778. The SMILES string of the molecule is COC(C)(C)CNC/C=C/CCl. The minimum Gasteiger partial charge on any atom is -0.377 e. The van der Waals surface area contributed by atoms with Crippen LogP contribution in [0.5, 0.6) is 0 Å². The molecule has 72 valence electrons. The molecule has 12 heavy (non-hydrogen) atoms. The van der Waals surface area contributed by atoms with Gasteiger partial charge in [0, 0.05) is 26.1 Å². The molecule has 0 aromatic heterocycles. The van der Waals surface area contributed by atoms with E-state index in [2.05, 4.69) is 5.32 Å². The Bertz CT molecular complexity index is 134. The van der Waals surface area contributed by atoms with E-state index in [1.165, 1.54) is 0 Å². The molecule has 0 radical (unpaired) electrons. The number of alkyl halides is 1. The highest BCUT2D eigenvalue weighted by atomic mass is 35.5. The zero-order chi connectivity index (χ0) is 9.45. The molecule has 0 saturated carbocycles. The Hall–Kier alpha value is -0.0500. The van der Waals surface area contributed by atoms with Crippen LogP contribution in [0.3, 0.4) is 0 Å². The normalized spacial score (nSPS) is 12.7. The second-order valence-corrected chi connectivity index (χ2v) is 3.53. The summed E-state index contributed by atoms with van der Waals surface area (Å²) in [4.78, 5) is 0. The Labute approximate surface area is 79.9 Å². The van der Waals surface area contributed by atoms with Gasteiger partial charge in [-0.3, -0.25) is 0 Å². The van der Waals surface area contributed by atoms with Gasteiger partial charge in [-0.25, -0.2) is 0 Å². The van der Waals surface area contributed by atoms with Gasteiger partial charge in [-0.05, 0) is 13.8 Å². The van der Waals surface area contributed by atoms with Crippen LogP contribution in [-0.2, 0) is 4.74 Å². The van der Waals surface area contributed by atoms with Gasteiger partial charge < -0.3 is 10.1 Å². The highest BCUT2D eigenvalue weighted by Gasteiger charge is 2.14. The van der Waals surface area contributed by atoms with E-state index in [9.17, 15) is 0 Å². The van der Waals surface area contributed by atoms with E-state index in [-0.39, 0.29) is 5.60 Å². The van der Waals surface area contributed by atoms with E-state index >= 15 is 0 Å². The minimum absolute atomic E-state index is 0.0885. The average Bonchev–Trinajstić information content (AvgIpc) is 2.04. The molecule has 0 aliphatic heterocycles. The van der Waals surface area contributed by atoms with Crippen molar-refractivity contribution in [1.82, 2.24) is 5.32 Å². The van der Waals surface area contributed by atoms with Crippen molar-refractivity contribution in [2.45, 2.75) is 19.4 Å². The largest absolute Gasteiger partial charge is 0.377 e. The first kappa shape index (κ1) is 11.9. The minimum atomic E-state index is -0.0885. The predicted molar refractivity (Wildman–Crippen MR) is 53.8 cm³/mol. The molecule has 0 fully saturated rings. The Balaban J connectivity index is 3.36. The van der Waals surface area contributed by atoms with Crippen molar-refractivity contribution >= 4 is 11.6 Å². The summed E-state index contributed by atoms with van der Waals surface area (Å²) >= 11 is 5.46. The molecular formula is C9H18ClNO. The molecule has 0 aromatic rings. The lowest BCUT2D eigenvalue weighted by atomic mass is 10.1. The molecule has 1 N–H and O–H groups in total. The molecular weight excluding hydrogens is 174 g/mol. The van der Waals surface area contributed by atoms with E-state index in [1.54, 1.807) is 7.11 Å². The zero-order valence-corrected chi connectivity index (χ0v) is 8.82. The summed E-state index contributed by atoms with van der Waals surface area (Å²) in [6.07, 6.45) is 3.94. The molecule has 2 nitrogen and oxygen atoms in total. The molecule has 0 saturated heterocycles. The second-order valence-electron chi connectivity index (χ2n) is 3.22. The van der Waals surface area contributed by atoms with Gasteiger partial charge in [0.15, 0.2) is 0 Å². The van der Waals surface area contributed by atoms with Gasteiger partial charge in [0.1, 0.15) is 0 Å². The van der Waals surface area contributed by atoms with Gasteiger partial charge in [0.25, 0.3) is 0 Å². The van der Waals surface area contributed by atoms with Crippen LogP contribution in [0.25, 0.3) is 0 Å². The van der Waals surface area contributed by atoms with E-state index < -0.39 is 0 Å². The number of ether oxygens (including phenoxy) is 1. The third kappa shape index (κ3) is 6.65. The quantitative estimate of drug-likeness (QED) is 0.393. The smallest absolute Gasteiger partial charge is 0.0746 e. The number of methoxy groups -OCH3 is 1. The van der Waals surface area contributed by atoms with Gasteiger partial charge in [-0.2, -0.15) is 0 Å². The molecule has 0 aromatic carbocycles. The van der Waals surface area contributed by atoms with Gasteiger partial charge >= 0.3 is 0 Å². The van der Waals surface area contributed by atoms with Gasteiger partial charge in [-0.15, -0.1) is 11.6 Å². The molecule has 0 bridgehead atoms. The van der Waals surface area contributed by atoms with Gasteiger partial charge in [0.2, 0.25) is 0 Å². The number of hydrogen-bond donors (Lipinski definition) is 1. The van der Waals surface area contributed by atoms with E-state index in [1.807, 2.05) is 26.0 Å². The molecule has 0 heterocycles. The number of hydrogen-bond acceptors (Lipinski definition) is 2. The Morgan fingerprint density at radius 1 is 1.42 bits per heavy atom. The van der Waals surface area contributed by atoms with Gasteiger partial charge in [-0.1, -0.05) is 12.2 Å². The fourth-order valence-electron chi connectivity index (χ4n) is 0.675. The van der Waals surface area contributed by atoms with Crippen LogP contribution in [0.1, 0.15) is 13.8 Å². The third-order valence-corrected chi connectivity index (χ3v) is 1.80. The summed E-state index contributed by atoms with van der Waals surface area (Å²) in [6, 6.07) is 0. The topological polar surface area (TPSA) is 21.3 Å². The zero-order valence-electron chi connectivity index (χ0n) is 8.06. The lowest BCUT2D eigenvalue weighted by Gasteiger charge is -2.22. The van der Waals surface area contributed by atoms with Crippen LogP contribution >= 0.6 is 11.6 Å². The van der Waals surface area contributed by atoms with Crippen molar-refractivity contribution in [3.63, 3.8) is 0 Å². The van der Waals surface area contributed by atoms with Crippen LogP contribution in [0.15, 0.2) is 12.2 Å². The van der Waals surface area contributed by atoms with E-state index in [4.69, 9.17) is 16.3 Å². The number of halogens is 1. The van der Waals surface area contributed by atoms with Crippen LogP contribution in [0.4, 0.5) is 0 Å². The monoisotopic (exact) mass is 191 g/mol. The summed E-state index contributed by atoms with van der Waals surface area (Å²) < 4.78 is 5.23. The maximum Gasteiger partial charge on any atom is 0.0746 e. The number of nitrogens with one attached hydrogen (secondary N) is 1. The summed E-state index contributed by atoms with van der Waals surface area (Å²) in [5, 5.41) is 3.24. The summed E-state index contributed by atoms with van der Waals surface area (Å²) in [7, 11) is 1.72. The summed E-state index contributed by atoms with van der Waals surface area (Å²) in [5.41, 5.74) is -0.0885. The highest BCUT2D eigenvalue weighted by Crippen LogP contribution is 2.03. The molecule has 0 aliphatic carbocycles. The van der Waals surface area contributed by atoms with Crippen molar-refractivity contribution < 1.29 is 4.74 Å². The van der Waals surface area contributed by atoms with Crippen molar-refractivity contribution in [2.75, 3.05) is 26.1 Å². The molecule has 0 spiro atoms. The lowest BCUT2D eigenvalue weighted by Crippen LogP contribution is -2.36. The molecule has 0 unspecified atom stereocenters. The molecule has 0 atom stereocenters. The van der Waals surface area contributed by atoms with Gasteiger partial charge in [0.05, 0.1) is 5.60 Å². The molecule has 0 aliphatic rings. The maximum atomic E-state index is 5.46. The highest BCUT2D eigenvalue weighted by molar-refractivity contribution is 6.18.